The van der Waals surface area contributed by atoms with Crippen molar-refractivity contribution in [3.05, 3.63) is 35.4 Å². The lowest BCUT2D eigenvalue weighted by Gasteiger charge is -2.12. The lowest BCUT2D eigenvalue weighted by atomic mass is 10.00. The van der Waals surface area contributed by atoms with E-state index >= 15 is 0 Å². The van der Waals surface area contributed by atoms with Gasteiger partial charge >= 0.3 is 5.97 Å². The number of Topliss-reactive ketones (excluding diaryl/α,β-unsaturated/α-hetero) is 1. The van der Waals surface area contributed by atoms with Crippen molar-refractivity contribution in [3.63, 3.8) is 0 Å². The van der Waals surface area contributed by atoms with E-state index in [4.69, 9.17) is 14.2 Å². The average molecular weight is 320 g/mol. The Bertz CT molecular complexity index is 536. The Morgan fingerprint density at radius 3 is 1.70 bits per heavy atom. The highest BCUT2D eigenvalue weighted by molar-refractivity contribution is 7.80. The molecular formula is C11H12O7S2. The van der Waals surface area contributed by atoms with Crippen molar-refractivity contribution in [1.82, 2.24) is 0 Å². The maximum Gasteiger partial charge on any atom is 0.335 e. The van der Waals surface area contributed by atoms with E-state index in [2.05, 4.69) is 0 Å². The molecular weight excluding hydrogens is 308 g/mol. The molecule has 0 aromatic heterocycles. The number of hydrogen-bond acceptors (Lipinski definition) is 4. The quantitative estimate of drug-likeness (QED) is 0.496. The number of carbonyl (C=O) groups is 2. The number of ketones is 1. The van der Waals surface area contributed by atoms with E-state index in [-0.39, 0.29) is 11.1 Å². The Hall–Kier alpha value is -1.42. The van der Waals surface area contributed by atoms with Gasteiger partial charge in [-0.3, -0.25) is 4.79 Å². The Morgan fingerprint density at radius 1 is 0.950 bits per heavy atom. The Morgan fingerprint density at radius 2 is 1.35 bits per heavy atom. The van der Waals surface area contributed by atoms with E-state index in [0.29, 0.717) is 0 Å². The van der Waals surface area contributed by atoms with Crippen LogP contribution in [0, 0.1) is 5.92 Å². The van der Waals surface area contributed by atoms with Gasteiger partial charge in [-0.05, 0) is 12.1 Å². The van der Waals surface area contributed by atoms with Crippen LogP contribution in [0.15, 0.2) is 24.3 Å². The van der Waals surface area contributed by atoms with Crippen LogP contribution < -0.4 is 0 Å². The van der Waals surface area contributed by atoms with Gasteiger partial charge in [-0.25, -0.2) is 13.2 Å². The second-order valence-electron chi connectivity index (χ2n) is 3.92. The number of rotatable bonds is 7. The van der Waals surface area contributed by atoms with Crippen molar-refractivity contribution in [1.29, 1.82) is 0 Å². The smallest absolute Gasteiger partial charge is 0.335 e. The number of aromatic carboxylic acids is 1. The van der Waals surface area contributed by atoms with Gasteiger partial charge < -0.3 is 14.2 Å². The third kappa shape index (κ3) is 4.93. The van der Waals surface area contributed by atoms with Crippen molar-refractivity contribution < 1.29 is 32.2 Å². The predicted octanol–water partition coefficient (Wildman–Crippen LogP) is 0.627. The molecule has 0 amide bonds. The second-order valence-corrected chi connectivity index (χ2v) is 5.87. The molecule has 20 heavy (non-hydrogen) atoms. The Balaban J connectivity index is 2.95. The minimum Gasteiger partial charge on any atom is -0.478 e. The van der Waals surface area contributed by atoms with Crippen LogP contribution in [-0.2, 0) is 22.2 Å². The summed E-state index contributed by atoms with van der Waals surface area (Å²) < 4.78 is 39.2. The van der Waals surface area contributed by atoms with Crippen molar-refractivity contribution in [3.8, 4) is 0 Å². The molecule has 1 rings (SSSR count). The molecule has 0 spiro atoms. The number of benzene rings is 1. The topological polar surface area (TPSA) is 129 Å². The summed E-state index contributed by atoms with van der Waals surface area (Å²) in [6, 6.07) is 4.97. The summed E-state index contributed by atoms with van der Waals surface area (Å²) in [5.74, 6) is -3.71. The van der Waals surface area contributed by atoms with E-state index in [1.807, 2.05) is 0 Å². The highest BCUT2D eigenvalue weighted by atomic mass is 32.2. The molecule has 0 radical (unpaired) electrons. The van der Waals surface area contributed by atoms with E-state index < -0.39 is 51.3 Å². The van der Waals surface area contributed by atoms with Crippen molar-refractivity contribution in [2.45, 2.75) is 0 Å². The first-order valence-corrected chi connectivity index (χ1v) is 7.89. The first kappa shape index (κ1) is 16.6. The third-order valence-corrected chi connectivity index (χ3v) is 3.85. The SMILES string of the molecule is O=C(O)c1ccc(C(=O)C(CS(=O)O)CS(=O)O)cc1. The van der Waals surface area contributed by atoms with E-state index in [1.165, 1.54) is 24.3 Å². The van der Waals surface area contributed by atoms with Crippen LogP contribution >= 0.6 is 0 Å². The molecule has 0 fully saturated rings. The number of carboxylic acids is 1. The summed E-state index contributed by atoms with van der Waals surface area (Å²) in [6.07, 6.45) is 0. The molecule has 3 N–H and O–H groups in total. The lowest BCUT2D eigenvalue weighted by Crippen LogP contribution is -2.26. The number of carboxylic acid groups (broad SMARTS) is 1. The van der Waals surface area contributed by atoms with Crippen molar-refractivity contribution in [2.24, 2.45) is 5.92 Å². The molecule has 0 aliphatic heterocycles. The van der Waals surface area contributed by atoms with Crippen LogP contribution in [0.3, 0.4) is 0 Å². The van der Waals surface area contributed by atoms with Crippen LogP contribution in [0.2, 0.25) is 0 Å². The van der Waals surface area contributed by atoms with Gasteiger partial charge in [-0.1, -0.05) is 12.1 Å². The van der Waals surface area contributed by atoms with Crippen molar-refractivity contribution >= 4 is 33.9 Å². The molecule has 1 aromatic carbocycles. The second kappa shape index (κ2) is 7.39. The minimum atomic E-state index is -2.28. The summed E-state index contributed by atoms with van der Waals surface area (Å²) in [4.78, 5) is 22.7. The Labute approximate surface area is 119 Å². The van der Waals surface area contributed by atoms with Gasteiger partial charge in [0.25, 0.3) is 0 Å². The highest BCUT2D eigenvalue weighted by Gasteiger charge is 2.24. The fourth-order valence-corrected chi connectivity index (χ4v) is 2.93. The first-order chi connectivity index (χ1) is 9.31. The van der Waals surface area contributed by atoms with Crippen LogP contribution in [0.5, 0.6) is 0 Å². The van der Waals surface area contributed by atoms with Crippen LogP contribution in [-0.4, -0.2) is 45.9 Å². The molecule has 2 unspecified atom stereocenters. The van der Waals surface area contributed by atoms with Crippen LogP contribution in [0.4, 0.5) is 0 Å². The minimum absolute atomic E-state index is 0.00503. The van der Waals surface area contributed by atoms with E-state index in [1.54, 1.807) is 0 Å². The molecule has 110 valence electrons. The maximum atomic E-state index is 12.1. The molecule has 0 heterocycles. The zero-order valence-electron chi connectivity index (χ0n) is 10.1. The van der Waals surface area contributed by atoms with E-state index in [0.717, 1.165) is 0 Å². The Kier molecular flexibility index (Phi) is 6.14. The third-order valence-electron chi connectivity index (χ3n) is 2.47. The summed E-state index contributed by atoms with van der Waals surface area (Å²) in [7, 11) is 0. The summed E-state index contributed by atoms with van der Waals surface area (Å²) in [5, 5.41) is 8.73. The van der Waals surface area contributed by atoms with Crippen LogP contribution in [0.25, 0.3) is 0 Å². The molecule has 0 aliphatic rings. The largest absolute Gasteiger partial charge is 0.478 e. The predicted molar refractivity (Wildman–Crippen MR) is 72.5 cm³/mol. The fraction of sp³-hybridized carbons (Fsp3) is 0.273. The summed E-state index contributed by atoms with van der Waals surface area (Å²) in [5.41, 5.74) is 0.116. The van der Waals surface area contributed by atoms with E-state index in [9.17, 15) is 18.0 Å². The first-order valence-electron chi connectivity index (χ1n) is 5.33. The summed E-state index contributed by atoms with van der Waals surface area (Å²) >= 11 is -4.56. The summed E-state index contributed by atoms with van der Waals surface area (Å²) in [6.45, 7) is 0. The van der Waals surface area contributed by atoms with Gasteiger partial charge in [0.2, 0.25) is 0 Å². The molecule has 2 atom stereocenters. The molecule has 0 saturated carbocycles. The monoisotopic (exact) mass is 320 g/mol. The van der Waals surface area contributed by atoms with Gasteiger partial charge in [0.05, 0.1) is 17.1 Å². The highest BCUT2D eigenvalue weighted by Crippen LogP contribution is 2.13. The van der Waals surface area contributed by atoms with Gasteiger partial charge in [0, 0.05) is 11.5 Å². The zero-order chi connectivity index (χ0) is 15.3. The standard InChI is InChI=1S/C11H12O7S2/c12-10(9(5-19(15)16)6-20(17)18)7-1-3-8(4-2-7)11(13)14/h1-4,9H,5-6H2,(H,13,14)(H,15,16)(H,17,18). The molecule has 0 aliphatic carbocycles. The molecule has 7 nitrogen and oxygen atoms in total. The van der Waals surface area contributed by atoms with Gasteiger partial charge in [-0.15, -0.1) is 0 Å². The normalized spacial score (nSPS) is 15.3. The molecule has 0 saturated heterocycles. The van der Waals surface area contributed by atoms with Crippen LogP contribution in [0.1, 0.15) is 20.7 Å². The maximum absolute atomic E-state index is 12.1. The molecule has 9 heteroatoms. The zero-order valence-corrected chi connectivity index (χ0v) is 11.7. The number of carbonyl (C=O) groups excluding carboxylic acids is 1. The lowest BCUT2D eigenvalue weighted by molar-refractivity contribution is 0.0696. The molecule has 0 bridgehead atoms. The van der Waals surface area contributed by atoms with Gasteiger partial charge in [0.1, 0.15) is 0 Å². The number of hydrogen-bond donors (Lipinski definition) is 3. The van der Waals surface area contributed by atoms with Gasteiger partial charge in [0.15, 0.2) is 27.9 Å². The average Bonchev–Trinajstić information content (AvgIpc) is 2.36. The van der Waals surface area contributed by atoms with Crippen molar-refractivity contribution in [2.75, 3.05) is 11.5 Å². The van der Waals surface area contributed by atoms with Gasteiger partial charge in [-0.2, -0.15) is 0 Å². The fourth-order valence-electron chi connectivity index (χ4n) is 1.56. The molecule has 1 aromatic rings.